The monoisotopic (exact) mass is 424 g/mol. The first kappa shape index (κ1) is 20.4. The molecule has 4 heteroatoms. The van der Waals surface area contributed by atoms with Crippen molar-refractivity contribution in [1.82, 2.24) is 0 Å². The molecule has 4 nitrogen and oxygen atoms in total. The predicted molar refractivity (Wildman–Crippen MR) is 129 cm³/mol. The first-order chi connectivity index (χ1) is 15.7. The molecule has 5 rings (SSSR count). The average molecular weight is 425 g/mol. The Morgan fingerprint density at radius 1 is 0.875 bits per heavy atom. The Kier molecular flexibility index (Phi) is 5.68. The Morgan fingerprint density at radius 2 is 1.59 bits per heavy atom. The SMILES string of the molecule is CCCOc1ccccc1C1Nc2ccccc2NC2=C1C(=O)CC(c1ccccc1)C2. The topological polar surface area (TPSA) is 50.4 Å². The van der Waals surface area contributed by atoms with E-state index in [0.29, 0.717) is 13.0 Å². The van der Waals surface area contributed by atoms with Crippen LogP contribution in [0.25, 0.3) is 0 Å². The molecule has 3 aromatic carbocycles. The van der Waals surface area contributed by atoms with Crippen LogP contribution in [0.15, 0.2) is 90.1 Å². The molecule has 0 bridgehead atoms. The number of carbonyl (C=O) groups excluding carboxylic acids is 1. The van der Waals surface area contributed by atoms with Gasteiger partial charge in [0.05, 0.1) is 24.0 Å². The van der Waals surface area contributed by atoms with Crippen molar-refractivity contribution in [3.05, 3.63) is 101 Å². The number of para-hydroxylation sites is 3. The summed E-state index contributed by atoms with van der Waals surface area (Å²) < 4.78 is 6.08. The van der Waals surface area contributed by atoms with E-state index < -0.39 is 0 Å². The Morgan fingerprint density at radius 3 is 2.41 bits per heavy atom. The molecule has 2 N–H and O–H groups in total. The van der Waals surface area contributed by atoms with Crippen LogP contribution in [0.3, 0.4) is 0 Å². The second-order valence-corrected chi connectivity index (χ2v) is 8.47. The Bertz CT molecular complexity index is 1150. The number of Topliss-reactive ketones (excluding diaryl/α,β-unsaturated/α-hetero) is 1. The normalized spacial score (nSPS) is 19.8. The largest absolute Gasteiger partial charge is 0.493 e. The fraction of sp³-hybridized carbons (Fsp3) is 0.250. The number of hydrogen-bond acceptors (Lipinski definition) is 4. The highest BCUT2D eigenvalue weighted by molar-refractivity contribution is 6.01. The lowest BCUT2D eigenvalue weighted by Gasteiger charge is -2.30. The maximum absolute atomic E-state index is 13.6. The van der Waals surface area contributed by atoms with E-state index in [-0.39, 0.29) is 17.7 Å². The van der Waals surface area contributed by atoms with Crippen molar-refractivity contribution in [2.24, 2.45) is 0 Å². The highest BCUT2D eigenvalue weighted by Crippen LogP contribution is 2.45. The number of nitrogens with one attached hydrogen (secondary N) is 2. The molecular formula is C28H28N2O2. The van der Waals surface area contributed by atoms with Gasteiger partial charge in [-0.2, -0.15) is 0 Å². The minimum absolute atomic E-state index is 0.174. The van der Waals surface area contributed by atoms with Gasteiger partial charge in [-0.3, -0.25) is 4.79 Å². The molecule has 0 saturated carbocycles. The van der Waals surface area contributed by atoms with Crippen molar-refractivity contribution in [3.8, 4) is 5.75 Å². The van der Waals surface area contributed by atoms with E-state index in [1.165, 1.54) is 5.56 Å². The summed E-state index contributed by atoms with van der Waals surface area (Å²) in [6.45, 7) is 2.75. The summed E-state index contributed by atoms with van der Waals surface area (Å²) in [5, 5.41) is 7.27. The van der Waals surface area contributed by atoms with Crippen LogP contribution in [0, 0.1) is 0 Å². The molecule has 1 aliphatic heterocycles. The number of benzene rings is 3. The first-order valence-electron chi connectivity index (χ1n) is 11.4. The fourth-order valence-electron chi connectivity index (χ4n) is 4.75. The molecule has 2 unspecified atom stereocenters. The molecule has 2 atom stereocenters. The maximum atomic E-state index is 13.6. The van der Waals surface area contributed by atoms with Gasteiger partial charge in [-0.25, -0.2) is 0 Å². The van der Waals surface area contributed by atoms with Gasteiger partial charge in [-0.05, 0) is 42.5 Å². The summed E-state index contributed by atoms with van der Waals surface area (Å²) in [5.74, 6) is 1.19. The number of rotatable bonds is 5. The fourth-order valence-corrected chi connectivity index (χ4v) is 4.75. The predicted octanol–water partition coefficient (Wildman–Crippen LogP) is 6.45. The van der Waals surface area contributed by atoms with Crippen LogP contribution < -0.4 is 15.4 Å². The molecule has 3 aromatic rings. The highest BCUT2D eigenvalue weighted by atomic mass is 16.5. The van der Waals surface area contributed by atoms with Crippen LogP contribution in [0.4, 0.5) is 11.4 Å². The van der Waals surface area contributed by atoms with Gasteiger partial charge in [-0.1, -0.05) is 67.6 Å². The van der Waals surface area contributed by atoms with Gasteiger partial charge in [0.1, 0.15) is 5.75 Å². The molecule has 0 spiro atoms. The van der Waals surface area contributed by atoms with Crippen molar-refractivity contribution in [2.45, 2.75) is 38.1 Å². The van der Waals surface area contributed by atoms with Crippen LogP contribution in [0.1, 0.15) is 49.3 Å². The molecule has 1 heterocycles. The molecule has 162 valence electrons. The van der Waals surface area contributed by atoms with E-state index in [1.54, 1.807) is 0 Å². The molecule has 2 aliphatic rings. The summed E-state index contributed by atoms with van der Waals surface area (Å²) in [6, 6.07) is 26.3. The van der Waals surface area contributed by atoms with E-state index in [0.717, 1.165) is 46.8 Å². The van der Waals surface area contributed by atoms with Gasteiger partial charge in [0.25, 0.3) is 0 Å². The van der Waals surface area contributed by atoms with E-state index >= 15 is 0 Å². The number of fused-ring (bicyclic) bond motifs is 1. The van der Waals surface area contributed by atoms with E-state index in [9.17, 15) is 4.79 Å². The Balaban J connectivity index is 1.61. The number of carbonyl (C=O) groups is 1. The molecule has 0 aromatic heterocycles. The van der Waals surface area contributed by atoms with Gasteiger partial charge in [0, 0.05) is 23.3 Å². The van der Waals surface area contributed by atoms with Crippen LogP contribution >= 0.6 is 0 Å². The van der Waals surface area contributed by atoms with Gasteiger partial charge in [0.15, 0.2) is 5.78 Å². The lowest BCUT2D eigenvalue weighted by atomic mass is 9.78. The third-order valence-corrected chi connectivity index (χ3v) is 6.27. The molecular weight excluding hydrogens is 396 g/mol. The van der Waals surface area contributed by atoms with Crippen molar-refractivity contribution >= 4 is 17.2 Å². The van der Waals surface area contributed by atoms with Crippen LogP contribution in [0.5, 0.6) is 5.75 Å². The molecule has 0 amide bonds. The van der Waals surface area contributed by atoms with Crippen LogP contribution in [-0.2, 0) is 4.79 Å². The van der Waals surface area contributed by atoms with Gasteiger partial charge in [0.2, 0.25) is 0 Å². The summed E-state index contributed by atoms with van der Waals surface area (Å²) >= 11 is 0. The van der Waals surface area contributed by atoms with Crippen LogP contribution in [0.2, 0.25) is 0 Å². The maximum Gasteiger partial charge on any atom is 0.163 e. The lowest BCUT2D eigenvalue weighted by molar-refractivity contribution is -0.116. The molecule has 1 aliphatic carbocycles. The van der Waals surface area contributed by atoms with Gasteiger partial charge >= 0.3 is 0 Å². The van der Waals surface area contributed by atoms with Crippen molar-refractivity contribution in [1.29, 1.82) is 0 Å². The quantitative estimate of drug-likeness (QED) is 0.494. The second-order valence-electron chi connectivity index (χ2n) is 8.47. The van der Waals surface area contributed by atoms with Gasteiger partial charge in [-0.15, -0.1) is 0 Å². The third kappa shape index (κ3) is 3.89. The number of allylic oxidation sites excluding steroid dienone is 1. The van der Waals surface area contributed by atoms with Crippen molar-refractivity contribution in [2.75, 3.05) is 17.2 Å². The Labute approximate surface area is 189 Å². The summed E-state index contributed by atoms with van der Waals surface area (Å²) in [6.07, 6.45) is 2.25. The minimum Gasteiger partial charge on any atom is -0.493 e. The van der Waals surface area contributed by atoms with Gasteiger partial charge < -0.3 is 15.4 Å². The lowest BCUT2D eigenvalue weighted by Crippen LogP contribution is -2.27. The number of hydrogen-bond donors (Lipinski definition) is 2. The first-order valence-corrected chi connectivity index (χ1v) is 11.4. The highest BCUT2D eigenvalue weighted by Gasteiger charge is 2.36. The summed E-state index contributed by atoms with van der Waals surface area (Å²) in [7, 11) is 0. The second kappa shape index (κ2) is 8.91. The molecule has 32 heavy (non-hydrogen) atoms. The Hall–Kier alpha value is -3.53. The van der Waals surface area contributed by atoms with E-state index in [4.69, 9.17) is 4.74 Å². The molecule has 0 radical (unpaired) electrons. The summed E-state index contributed by atoms with van der Waals surface area (Å²) in [5.41, 5.74) is 6.02. The molecule has 0 saturated heterocycles. The zero-order chi connectivity index (χ0) is 21.9. The zero-order valence-electron chi connectivity index (χ0n) is 18.3. The van der Waals surface area contributed by atoms with Crippen LogP contribution in [-0.4, -0.2) is 12.4 Å². The number of ketones is 1. The van der Waals surface area contributed by atoms with E-state index in [2.05, 4.69) is 47.9 Å². The number of ether oxygens (including phenoxy) is 1. The standard InChI is InChI=1S/C28H28N2O2/c1-2-16-32-26-15-9-6-12-21(26)28-27-24(29-22-13-7-8-14-23(22)30-28)17-20(18-25(27)31)19-10-4-3-5-11-19/h3-15,20,28-30H,2,16-18H2,1H3. The average Bonchev–Trinajstić information content (AvgIpc) is 3.00. The summed E-state index contributed by atoms with van der Waals surface area (Å²) in [4.78, 5) is 13.6. The van der Waals surface area contributed by atoms with Crippen molar-refractivity contribution < 1.29 is 9.53 Å². The van der Waals surface area contributed by atoms with E-state index in [1.807, 2.05) is 48.5 Å². The van der Waals surface area contributed by atoms with Crippen molar-refractivity contribution in [3.63, 3.8) is 0 Å². The molecule has 0 fully saturated rings. The smallest absolute Gasteiger partial charge is 0.163 e. The minimum atomic E-state index is -0.265. The number of anilines is 2. The zero-order valence-corrected chi connectivity index (χ0v) is 18.3. The third-order valence-electron chi connectivity index (χ3n) is 6.27.